The van der Waals surface area contributed by atoms with Crippen LogP contribution in [0, 0.1) is 5.82 Å². The first kappa shape index (κ1) is 29.7. The Morgan fingerprint density at radius 2 is 2.02 bits per heavy atom. The maximum absolute atomic E-state index is 14.4. The van der Waals surface area contributed by atoms with Crippen LogP contribution in [-0.4, -0.2) is 63.6 Å². The maximum Gasteiger partial charge on any atom is 0.411 e. The molecule has 4 amide bonds. The third-order valence-electron chi connectivity index (χ3n) is 6.68. The average Bonchev–Trinajstić information content (AvgIpc) is 3.53. The van der Waals surface area contributed by atoms with Crippen LogP contribution >= 0.6 is 11.6 Å². The summed E-state index contributed by atoms with van der Waals surface area (Å²) in [7, 11) is 0. The summed E-state index contributed by atoms with van der Waals surface area (Å²) in [6.07, 6.45) is 1.74. The van der Waals surface area contributed by atoms with Crippen LogP contribution in [0.15, 0.2) is 36.7 Å². The lowest BCUT2D eigenvalue weighted by atomic mass is 10.1. The van der Waals surface area contributed by atoms with Gasteiger partial charge in [-0.25, -0.2) is 18.6 Å². The normalized spacial score (nSPS) is 16.5. The Kier molecular flexibility index (Phi) is 9.38. The predicted octanol–water partition coefficient (Wildman–Crippen LogP) is 3.53. The molecule has 41 heavy (non-hydrogen) atoms. The topological polar surface area (TPSA) is 149 Å². The first-order chi connectivity index (χ1) is 19.6. The fraction of sp³-hybridized carbons (Fsp3) is 0.370. The fourth-order valence-electron chi connectivity index (χ4n) is 4.57. The van der Waals surface area contributed by atoms with Gasteiger partial charge in [-0.1, -0.05) is 37.1 Å². The number of aromatic nitrogens is 2. The van der Waals surface area contributed by atoms with Gasteiger partial charge in [0.2, 0.25) is 11.8 Å². The summed E-state index contributed by atoms with van der Waals surface area (Å²) in [5, 5.41) is 5.31. The van der Waals surface area contributed by atoms with Gasteiger partial charge in [-0.3, -0.25) is 19.7 Å². The lowest BCUT2D eigenvalue weighted by Crippen LogP contribution is -2.46. The molecule has 0 saturated carbocycles. The van der Waals surface area contributed by atoms with E-state index in [1.165, 1.54) is 41.2 Å². The number of alkyl halides is 1. The maximum atomic E-state index is 14.4. The number of nitrogens with zero attached hydrogens (tertiary/aromatic N) is 3. The summed E-state index contributed by atoms with van der Waals surface area (Å²) in [5.74, 6) is -2.70. The summed E-state index contributed by atoms with van der Waals surface area (Å²) >= 11 is 5.79. The van der Waals surface area contributed by atoms with Crippen LogP contribution in [0.25, 0.3) is 11.0 Å². The van der Waals surface area contributed by atoms with E-state index in [0.717, 1.165) is 11.3 Å². The number of nitrogens with two attached hydrogens (primary N) is 1. The molecule has 4 N–H and O–H groups in total. The summed E-state index contributed by atoms with van der Waals surface area (Å²) in [6, 6.07) is 4.80. The van der Waals surface area contributed by atoms with Crippen molar-refractivity contribution >= 4 is 52.1 Å². The summed E-state index contributed by atoms with van der Waals surface area (Å²) in [6.45, 7) is 1.33. The minimum absolute atomic E-state index is 0.0540. The SMILES string of the molecule is CCCCOC(=O)Nc1c(C(N)=O)cnc2c1ccn2CC(=O)N1C[C@H](F)C[C@H]1C(=O)NCc1cccc(Cl)c1F. The first-order valence-corrected chi connectivity index (χ1v) is 13.3. The van der Waals surface area contributed by atoms with Gasteiger partial charge < -0.3 is 25.3 Å². The molecule has 0 aliphatic carbocycles. The average molecular weight is 591 g/mol. The van der Waals surface area contributed by atoms with Gasteiger partial charge in [0.1, 0.15) is 30.2 Å². The minimum Gasteiger partial charge on any atom is -0.449 e. The number of likely N-dealkylation sites (tertiary alicyclic amines) is 1. The van der Waals surface area contributed by atoms with Gasteiger partial charge in [-0.2, -0.15) is 0 Å². The molecule has 0 bridgehead atoms. The van der Waals surface area contributed by atoms with E-state index in [-0.39, 0.29) is 60.1 Å². The number of carbonyl (C=O) groups is 4. The van der Waals surface area contributed by atoms with E-state index in [1.54, 1.807) is 0 Å². The van der Waals surface area contributed by atoms with E-state index >= 15 is 0 Å². The lowest BCUT2D eigenvalue weighted by Gasteiger charge is -2.24. The molecule has 1 aliphatic heterocycles. The third kappa shape index (κ3) is 6.73. The van der Waals surface area contributed by atoms with E-state index in [1.807, 2.05) is 6.92 Å². The molecule has 2 aromatic heterocycles. The van der Waals surface area contributed by atoms with Crippen LogP contribution in [-0.2, 0) is 27.4 Å². The van der Waals surface area contributed by atoms with E-state index in [0.29, 0.717) is 11.8 Å². The Morgan fingerprint density at radius 1 is 1.24 bits per heavy atom. The second-order valence-electron chi connectivity index (χ2n) is 9.53. The number of pyridine rings is 1. The van der Waals surface area contributed by atoms with Crippen LogP contribution in [0.4, 0.5) is 19.3 Å². The Labute approximate surface area is 239 Å². The molecule has 3 aromatic rings. The number of hydrogen-bond acceptors (Lipinski definition) is 6. The van der Waals surface area contributed by atoms with Crippen LogP contribution in [0.2, 0.25) is 5.02 Å². The van der Waals surface area contributed by atoms with Crippen molar-refractivity contribution in [2.24, 2.45) is 5.73 Å². The monoisotopic (exact) mass is 590 g/mol. The number of ether oxygens (including phenoxy) is 1. The number of nitrogens with one attached hydrogen (secondary N) is 2. The number of fused-ring (bicyclic) bond motifs is 1. The molecule has 218 valence electrons. The molecular formula is C27H29ClF2N6O5. The van der Waals surface area contributed by atoms with Crippen molar-refractivity contribution in [3.05, 3.63) is 58.6 Å². The highest BCUT2D eigenvalue weighted by molar-refractivity contribution is 6.30. The number of carbonyl (C=O) groups excluding carboxylic acids is 4. The van der Waals surface area contributed by atoms with Crippen LogP contribution in [0.1, 0.15) is 42.1 Å². The molecule has 2 atom stereocenters. The van der Waals surface area contributed by atoms with E-state index in [4.69, 9.17) is 22.1 Å². The molecule has 1 aliphatic rings. The van der Waals surface area contributed by atoms with Crippen molar-refractivity contribution in [2.75, 3.05) is 18.5 Å². The molecule has 1 saturated heterocycles. The Morgan fingerprint density at radius 3 is 2.76 bits per heavy atom. The zero-order valence-electron chi connectivity index (χ0n) is 22.2. The molecule has 11 nitrogen and oxygen atoms in total. The van der Waals surface area contributed by atoms with Gasteiger partial charge in [0.05, 0.1) is 29.4 Å². The van der Waals surface area contributed by atoms with Gasteiger partial charge in [-0.05, 0) is 18.6 Å². The van der Waals surface area contributed by atoms with Gasteiger partial charge in [0.15, 0.2) is 0 Å². The predicted molar refractivity (Wildman–Crippen MR) is 146 cm³/mol. The van der Waals surface area contributed by atoms with Crippen molar-refractivity contribution in [1.29, 1.82) is 0 Å². The Bertz CT molecular complexity index is 1480. The van der Waals surface area contributed by atoms with Crippen molar-refractivity contribution in [3.8, 4) is 0 Å². The molecule has 4 rings (SSSR count). The fourth-order valence-corrected chi connectivity index (χ4v) is 4.76. The Hall–Kier alpha value is -4.26. The summed E-state index contributed by atoms with van der Waals surface area (Å²) in [5.41, 5.74) is 5.88. The minimum atomic E-state index is -1.43. The van der Waals surface area contributed by atoms with Crippen molar-refractivity contribution in [3.63, 3.8) is 0 Å². The number of primary amides is 1. The number of benzene rings is 1. The van der Waals surface area contributed by atoms with E-state index in [2.05, 4.69) is 15.6 Å². The summed E-state index contributed by atoms with van der Waals surface area (Å²) in [4.78, 5) is 55.8. The number of unbranched alkanes of at least 4 members (excludes halogenated alkanes) is 1. The second-order valence-corrected chi connectivity index (χ2v) is 9.94. The van der Waals surface area contributed by atoms with Gasteiger partial charge in [-0.15, -0.1) is 0 Å². The van der Waals surface area contributed by atoms with Crippen LogP contribution in [0.3, 0.4) is 0 Å². The third-order valence-corrected chi connectivity index (χ3v) is 6.97. The standard InChI is InChI=1S/C27H29ClF2N6O5/c1-2-3-9-41-27(40)34-23-17-7-8-35(25(17)32-12-18(23)24(31)38)14-21(37)36-13-16(29)10-20(36)26(39)33-11-15-5-4-6-19(28)22(15)30/h4-8,12,16,20H,2-3,9-11,13-14H2,1H3,(H2,31,38)(H,33,39)(H,32,34,40)/t16-,20+/m1/s1. The number of amides is 4. The molecule has 3 heterocycles. The highest BCUT2D eigenvalue weighted by Crippen LogP contribution is 2.28. The molecule has 1 aromatic carbocycles. The molecule has 0 radical (unpaired) electrons. The Balaban J connectivity index is 1.50. The zero-order chi connectivity index (χ0) is 29.7. The van der Waals surface area contributed by atoms with Crippen LogP contribution in [0.5, 0.6) is 0 Å². The summed E-state index contributed by atoms with van der Waals surface area (Å²) < 4.78 is 35.2. The lowest BCUT2D eigenvalue weighted by molar-refractivity contribution is -0.139. The number of anilines is 1. The molecule has 0 spiro atoms. The largest absolute Gasteiger partial charge is 0.449 e. The van der Waals surface area contributed by atoms with Gasteiger partial charge in [0.25, 0.3) is 5.91 Å². The number of rotatable bonds is 10. The van der Waals surface area contributed by atoms with Gasteiger partial charge >= 0.3 is 6.09 Å². The zero-order valence-corrected chi connectivity index (χ0v) is 22.9. The molecular weight excluding hydrogens is 562 g/mol. The number of hydrogen-bond donors (Lipinski definition) is 3. The molecule has 0 unspecified atom stereocenters. The van der Waals surface area contributed by atoms with Gasteiger partial charge in [0, 0.05) is 36.3 Å². The molecule has 1 fully saturated rings. The van der Waals surface area contributed by atoms with Crippen molar-refractivity contribution in [2.45, 2.75) is 51.5 Å². The van der Waals surface area contributed by atoms with Crippen molar-refractivity contribution < 1.29 is 32.7 Å². The second kappa shape index (κ2) is 12.9. The first-order valence-electron chi connectivity index (χ1n) is 13.0. The smallest absolute Gasteiger partial charge is 0.411 e. The quantitative estimate of drug-likeness (QED) is 0.308. The highest BCUT2D eigenvalue weighted by atomic mass is 35.5. The molecule has 14 heteroatoms. The van der Waals surface area contributed by atoms with Crippen molar-refractivity contribution in [1.82, 2.24) is 19.8 Å². The van der Waals surface area contributed by atoms with E-state index in [9.17, 15) is 28.0 Å². The van der Waals surface area contributed by atoms with Crippen LogP contribution < -0.4 is 16.4 Å². The number of halogens is 3. The highest BCUT2D eigenvalue weighted by Gasteiger charge is 2.39. The van der Waals surface area contributed by atoms with E-state index < -0.39 is 41.8 Å².